The number of carbonyl (C=O) groups excluding carboxylic acids is 1. The number of ether oxygens (including phenoxy) is 2. The summed E-state index contributed by atoms with van der Waals surface area (Å²) >= 11 is 0. The van der Waals surface area contributed by atoms with Gasteiger partial charge in [-0.15, -0.1) is 0 Å². The molecule has 1 aromatic carbocycles. The molecule has 0 bridgehead atoms. The van der Waals surface area contributed by atoms with Crippen LogP contribution in [0.25, 0.3) is 0 Å². The molecule has 28 heavy (non-hydrogen) atoms. The van der Waals surface area contributed by atoms with E-state index in [1.54, 1.807) is 0 Å². The molecule has 0 unspecified atom stereocenters. The number of epoxide rings is 1. The Bertz CT molecular complexity index is 747. The lowest BCUT2D eigenvalue weighted by Crippen LogP contribution is -2.86. The second-order valence-corrected chi connectivity index (χ2v) is 9.79. The van der Waals surface area contributed by atoms with Crippen LogP contribution in [0.4, 0.5) is 4.39 Å². The van der Waals surface area contributed by atoms with Crippen LogP contribution in [0.1, 0.15) is 44.6 Å². The van der Waals surface area contributed by atoms with Crippen molar-refractivity contribution >= 4 is 5.97 Å². The smallest absolute Gasteiger partial charge is 0.315 e. The van der Waals surface area contributed by atoms with Crippen molar-refractivity contribution in [2.75, 3.05) is 19.7 Å². The van der Waals surface area contributed by atoms with Gasteiger partial charge in [0.1, 0.15) is 17.8 Å². The molecule has 2 saturated carbocycles. The van der Waals surface area contributed by atoms with Gasteiger partial charge in [-0.2, -0.15) is 0 Å². The lowest BCUT2D eigenvalue weighted by Gasteiger charge is -2.51. The van der Waals surface area contributed by atoms with Crippen molar-refractivity contribution in [2.45, 2.75) is 57.2 Å². The van der Waals surface area contributed by atoms with Crippen LogP contribution in [0.15, 0.2) is 24.3 Å². The van der Waals surface area contributed by atoms with Crippen molar-refractivity contribution < 1.29 is 24.0 Å². The fraction of sp³-hybridized carbons (Fsp3) is 0.696. The molecule has 2 aliphatic heterocycles. The van der Waals surface area contributed by atoms with E-state index in [1.165, 1.54) is 31.4 Å². The number of carbonyl (C=O) groups is 1. The predicted molar refractivity (Wildman–Crippen MR) is 102 cm³/mol. The molecule has 0 aromatic heterocycles. The van der Waals surface area contributed by atoms with Crippen molar-refractivity contribution in [3.63, 3.8) is 0 Å². The minimum atomic E-state index is -0.197. The lowest BCUT2D eigenvalue weighted by molar-refractivity contribution is -0.658. The highest BCUT2D eigenvalue weighted by atomic mass is 19.1. The van der Waals surface area contributed by atoms with Crippen molar-refractivity contribution in [3.05, 3.63) is 35.6 Å². The quantitative estimate of drug-likeness (QED) is 0.479. The molecular formula is C23H31FNO3+. The number of fused-ring (bicyclic) bond motifs is 3. The molecule has 4 fully saturated rings. The van der Waals surface area contributed by atoms with E-state index in [1.807, 2.05) is 12.1 Å². The molecule has 5 heteroatoms. The van der Waals surface area contributed by atoms with Crippen molar-refractivity contribution in [1.82, 2.24) is 0 Å². The van der Waals surface area contributed by atoms with Crippen molar-refractivity contribution in [1.29, 1.82) is 0 Å². The Morgan fingerprint density at radius 3 is 2.79 bits per heavy atom. The molecule has 0 amide bonds. The molecule has 0 radical (unpaired) electrons. The summed E-state index contributed by atoms with van der Waals surface area (Å²) in [4.78, 5) is 12.6. The van der Waals surface area contributed by atoms with Crippen LogP contribution in [0.5, 0.6) is 0 Å². The Hall–Kier alpha value is -1.46. The maximum atomic E-state index is 13.0. The van der Waals surface area contributed by atoms with E-state index in [-0.39, 0.29) is 34.8 Å². The summed E-state index contributed by atoms with van der Waals surface area (Å²) in [5.41, 5.74) is 1.51. The summed E-state index contributed by atoms with van der Waals surface area (Å²) in [5, 5.41) is 2.23. The summed E-state index contributed by atoms with van der Waals surface area (Å²) < 4.78 is 24.9. The number of rotatable bonds is 5. The molecule has 152 valence electrons. The van der Waals surface area contributed by atoms with Crippen molar-refractivity contribution in [2.24, 2.45) is 23.2 Å². The molecule has 6 atom stereocenters. The summed E-state index contributed by atoms with van der Waals surface area (Å²) in [7, 11) is 0. The first kappa shape index (κ1) is 18.6. The van der Waals surface area contributed by atoms with Gasteiger partial charge >= 0.3 is 5.97 Å². The predicted octanol–water partition coefficient (Wildman–Crippen LogP) is 2.46. The topological polar surface area (TPSA) is 55.4 Å². The van der Waals surface area contributed by atoms with Gasteiger partial charge in [-0.25, -0.2) is 4.39 Å². The third-order valence-electron chi connectivity index (χ3n) is 8.05. The van der Waals surface area contributed by atoms with Crippen LogP contribution in [0, 0.1) is 29.0 Å². The van der Waals surface area contributed by atoms with Gasteiger partial charge in [0.2, 0.25) is 0 Å². The normalized spacial score (nSPS) is 41.4. The van der Waals surface area contributed by atoms with E-state index in [2.05, 4.69) is 12.2 Å². The first-order valence-electron chi connectivity index (χ1n) is 10.9. The minimum absolute atomic E-state index is 0.000458. The molecular weight excluding hydrogens is 357 g/mol. The Labute approximate surface area is 166 Å². The number of esters is 1. The monoisotopic (exact) mass is 388 g/mol. The van der Waals surface area contributed by atoms with Gasteiger partial charge < -0.3 is 14.8 Å². The van der Waals surface area contributed by atoms with E-state index in [0.717, 1.165) is 44.5 Å². The van der Waals surface area contributed by atoms with Gasteiger partial charge in [0.15, 0.2) is 0 Å². The highest BCUT2D eigenvalue weighted by Crippen LogP contribution is 2.62. The largest absolute Gasteiger partial charge is 0.462 e. The summed E-state index contributed by atoms with van der Waals surface area (Å²) in [6.45, 7) is 5.00. The van der Waals surface area contributed by atoms with Gasteiger partial charge in [-0.3, -0.25) is 4.79 Å². The molecule has 1 aromatic rings. The van der Waals surface area contributed by atoms with Crippen LogP contribution in [0.2, 0.25) is 0 Å². The zero-order chi connectivity index (χ0) is 19.4. The van der Waals surface area contributed by atoms with Gasteiger partial charge in [-0.05, 0) is 61.1 Å². The third kappa shape index (κ3) is 3.17. The highest BCUT2D eigenvalue weighted by Gasteiger charge is 2.65. The Kier molecular flexibility index (Phi) is 4.51. The van der Waals surface area contributed by atoms with E-state index in [9.17, 15) is 9.18 Å². The second kappa shape index (κ2) is 6.81. The number of hydrogen-bond acceptors (Lipinski definition) is 3. The fourth-order valence-electron chi connectivity index (χ4n) is 6.44. The maximum absolute atomic E-state index is 13.0. The zero-order valence-corrected chi connectivity index (χ0v) is 16.7. The maximum Gasteiger partial charge on any atom is 0.315 e. The Morgan fingerprint density at radius 2 is 2.04 bits per heavy atom. The van der Waals surface area contributed by atoms with Crippen LogP contribution in [-0.4, -0.2) is 37.4 Å². The van der Waals surface area contributed by atoms with Crippen LogP contribution >= 0.6 is 0 Å². The average Bonchev–Trinajstić information content (AvgIpc) is 3.36. The number of benzene rings is 1. The fourth-order valence-corrected chi connectivity index (χ4v) is 6.44. The first-order valence-corrected chi connectivity index (χ1v) is 10.9. The molecule has 2 heterocycles. The van der Waals surface area contributed by atoms with Crippen molar-refractivity contribution in [3.8, 4) is 0 Å². The van der Waals surface area contributed by atoms with Gasteiger partial charge in [0.25, 0.3) is 0 Å². The molecule has 2 saturated heterocycles. The molecule has 2 aliphatic carbocycles. The van der Waals surface area contributed by atoms with E-state index in [0.29, 0.717) is 11.8 Å². The number of nitrogens with two attached hydrogens (primary N) is 1. The van der Waals surface area contributed by atoms with E-state index < -0.39 is 0 Å². The SMILES string of the molecule is C[C@]12CCC[C@]3(CO3)[C@H]1C[C@H]1[C@@H](C2)OC(=O)[C@@H]1C[NH2+]CCc1ccc(F)cc1. The number of hydrogen-bond donors (Lipinski definition) is 1. The van der Waals surface area contributed by atoms with E-state index >= 15 is 0 Å². The third-order valence-corrected chi connectivity index (χ3v) is 8.05. The Balaban J connectivity index is 1.20. The van der Waals surface area contributed by atoms with Gasteiger partial charge in [0.05, 0.1) is 25.3 Å². The first-order chi connectivity index (χ1) is 13.5. The molecule has 1 spiro atoms. The van der Waals surface area contributed by atoms with Crippen LogP contribution < -0.4 is 5.32 Å². The Morgan fingerprint density at radius 1 is 1.25 bits per heavy atom. The molecule has 5 rings (SSSR count). The van der Waals surface area contributed by atoms with Crippen LogP contribution in [0.3, 0.4) is 0 Å². The molecule has 2 N–H and O–H groups in total. The van der Waals surface area contributed by atoms with Gasteiger partial charge in [0, 0.05) is 12.3 Å². The lowest BCUT2D eigenvalue weighted by atomic mass is 9.53. The number of quaternary nitrogens is 1. The van der Waals surface area contributed by atoms with Gasteiger partial charge in [-0.1, -0.05) is 19.1 Å². The summed E-state index contributed by atoms with van der Waals surface area (Å²) in [5.74, 6) is 0.719. The number of halogens is 1. The second-order valence-electron chi connectivity index (χ2n) is 9.79. The average molecular weight is 389 g/mol. The molecule has 4 nitrogen and oxygen atoms in total. The summed E-state index contributed by atoms with van der Waals surface area (Å²) in [6.07, 6.45) is 6.71. The standard InChI is InChI=1S/C23H30FNO3/c1-22-8-2-9-23(14-27-23)20(22)11-17-18(21(26)28-19(17)12-22)13-25-10-7-15-3-5-16(24)6-4-15/h3-6,17-20,25H,2,7-14H2,1H3/p+1/t17-,18-,19-,20+,22-,23+/m1/s1. The highest BCUT2D eigenvalue weighted by molar-refractivity contribution is 5.75. The van der Waals surface area contributed by atoms with E-state index in [4.69, 9.17) is 9.47 Å². The summed E-state index contributed by atoms with van der Waals surface area (Å²) in [6, 6.07) is 6.69. The zero-order valence-electron chi connectivity index (χ0n) is 16.7. The minimum Gasteiger partial charge on any atom is -0.462 e. The van der Waals surface area contributed by atoms with Crippen LogP contribution in [-0.2, 0) is 20.7 Å². The molecule has 4 aliphatic rings.